The van der Waals surface area contributed by atoms with Gasteiger partial charge in [0.05, 0.1) is 29.8 Å². The molecule has 4 heterocycles. The summed E-state index contributed by atoms with van der Waals surface area (Å²) in [5.41, 5.74) is 2.56. The highest BCUT2D eigenvalue weighted by molar-refractivity contribution is 7.92. The lowest BCUT2D eigenvalue weighted by atomic mass is 10.2. The Hall–Kier alpha value is -4.37. The van der Waals surface area contributed by atoms with E-state index in [0.29, 0.717) is 48.0 Å². The van der Waals surface area contributed by atoms with Gasteiger partial charge in [0.25, 0.3) is 0 Å². The Morgan fingerprint density at radius 3 is 2.39 bits per heavy atom. The molecule has 14 nitrogen and oxygen atoms in total. The van der Waals surface area contributed by atoms with Gasteiger partial charge in [0.1, 0.15) is 35.2 Å². The van der Waals surface area contributed by atoms with Crippen LogP contribution in [0.1, 0.15) is 42.5 Å². The van der Waals surface area contributed by atoms with Crippen molar-refractivity contribution in [1.82, 2.24) is 35.0 Å². The SMILES string of the molecule is COC(=O)c1cnc(N2CCN(CCOc3cc4ncnc(Nc5n[nH]c(C)c5C)c4cc3S(=O)(=O)C(C)(C)C)CC2)cn1. The number of hydrogen-bond donors (Lipinski definition) is 2. The molecule has 5 rings (SSSR count). The van der Waals surface area contributed by atoms with Gasteiger partial charge in [-0.2, -0.15) is 5.10 Å². The van der Waals surface area contributed by atoms with Gasteiger partial charge in [-0.3, -0.25) is 10.00 Å². The minimum absolute atomic E-state index is 0.0871. The number of nitrogens with one attached hydrogen (secondary N) is 2. The van der Waals surface area contributed by atoms with Gasteiger partial charge >= 0.3 is 5.97 Å². The van der Waals surface area contributed by atoms with E-state index in [4.69, 9.17) is 4.74 Å². The van der Waals surface area contributed by atoms with Crippen LogP contribution in [0.4, 0.5) is 17.5 Å². The molecule has 1 aliphatic rings. The zero-order valence-corrected chi connectivity index (χ0v) is 26.5. The Morgan fingerprint density at radius 1 is 1.02 bits per heavy atom. The van der Waals surface area contributed by atoms with E-state index in [2.05, 4.69) is 50.0 Å². The molecule has 2 N–H and O–H groups in total. The number of fused-ring (bicyclic) bond motifs is 1. The molecule has 1 fully saturated rings. The van der Waals surface area contributed by atoms with E-state index in [0.717, 1.165) is 24.3 Å². The Morgan fingerprint density at radius 2 is 1.77 bits per heavy atom. The average Bonchev–Trinajstić information content (AvgIpc) is 3.32. The second-order valence-electron chi connectivity index (χ2n) is 11.5. The second kappa shape index (κ2) is 12.3. The van der Waals surface area contributed by atoms with Gasteiger partial charge in [0.15, 0.2) is 21.3 Å². The van der Waals surface area contributed by atoms with E-state index < -0.39 is 20.6 Å². The van der Waals surface area contributed by atoms with Crippen LogP contribution in [0.3, 0.4) is 0 Å². The maximum atomic E-state index is 13.7. The highest BCUT2D eigenvalue weighted by Gasteiger charge is 2.34. The van der Waals surface area contributed by atoms with E-state index in [1.54, 1.807) is 39.1 Å². The number of ether oxygens (including phenoxy) is 2. The van der Waals surface area contributed by atoms with Crippen LogP contribution in [0, 0.1) is 13.8 Å². The number of rotatable bonds is 9. The highest BCUT2D eigenvalue weighted by atomic mass is 32.2. The lowest BCUT2D eigenvalue weighted by Crippen LogP contribution is -2.47. The lowest BCUT2D eigenvalue weighted by molar-refractivity contribution is 0.0593. The normalized spacial score (nSPS) is 14.5. The standard InChI is InChI=1S/C29H37N9O5S/c1-18-19(2)35-36-26(18)34-27-20-13-24(44(40,41)29(3,4)5)23(14-21(20)32-17-33-27)43-12-11-37-7-9-38(10-8-37)25-16-30-22(15-31-25)28(39)42-6/h13-17H,7-12H2,1-6H3,(H2,32,33,34,35,36). The number of anilines is 3. The first-order chi connectivity index (χ1) is 20.9. The first-order valence-corrected chi connectivity index (χ1v) is 15.7. The van der Waals surface area contributed by atoms with Crippen molar-refractivity contribution in [1.29, 1.82) is 0 Å². The number of piperazine rings is 1. The Labute approximate surface area is 256 Å². The van der Waals surface area contributed by atoms with Crippen molar-refractivity contribution in [3.63, 3.8) is 0 Å². The number of carbonyl (C=O) groups is 1. The van der Waals surface area contributed by atoms with Crippen LogP contribution in [0.15, 0.2) is 35.7 Å². The van der Waals surface area contributed by atoms with Crippen LogP contribution in [-0.4, -0.2) is 101 Å². The summed E-state index contributed by atoms with van der Waals surface area (Å²) in [5.74, 6) is 1.47. The average molecular weight is 624 g/mol. The third kappa shape index (κ3) is 6.28. The first-order valence-electron chi connectivity index (χ1n) is 14.2. The molecule has 1 saturated heterocycles. The molecule has 0 atom stereocenters. The van der Waals surface area contributed by atoms with E-state index in [1.807, 2.05) is 13.8 Å². The number of carbonyl (C=O) groups excluding carboxylic acids is 1. The van der Waals surface area contributed by atoms with Crippen molar-refractivity contribution < 1.29 is 22.7 Å². The predicted molar refractivity (Wildman–Crippen MR) is 165 cm³/mol. The molecule has 0 unspecified atom stereocenters. The molecule has 0 bridgehead atoms. The molecule has 4 aromatic rings. The highest BCUT2D eigenvalue weighted by Crippen LogP contribution is 2.37. The Balaban J connectivity index is 1.31. The number of sulfone groups is 1. The number of aryl methyl sites for hydroxylation is 1. The number of aromatic nitrogens is 6. The fraction of sp³-hybridized carbons (Fsp3) is 0.448. The molecular formula is C29H37N9O5S. The zero-order chi connectivity index (χ0) is 31.6. The summed E-state index contributed by atoms with van der Waals surface area (Å²) in [6.45, 7) is 12.7. The van der Waals surface area contributed by atoms with Crippen LogP contribution < -0.4 is 15.0 Å². The predicted octanol–water partition coefficient (Wildman–Crippen LogP) is 3.06. The summed E-state index contributed by atoms with van der Waals surface area (Å²) < 4.78 is 37.3. The molecule has 44 heavy (non-hydrogen) atoms. The molecule has 0 radical (unpaired) electrons. The fourth-order valence-corrected chi connectivity index (χ4v) is 6.03. The summed E-state index contributed by atoms with van der Waals surface area (Å²) in [6.07, 6.45) is 4.41. The third-order valence-corrected chi connectivity index (χ3v) is 10.2. The van der Waals surface area contributed by atoms with Crippen molar-refractivity contribution in [3.05, 3.63) is 47.8 Å². The molecule has 1 aliphatic heterocycles. The number of methoxy groups -OCH3 is 1. The van der Waals surface area contributed by atoms with Crippen molar-refractivity contribution in [2.75, 3.05) is 56.7 Å². The van der Waals surface area contributed by atoms with E-state index >= 15 is 0 Å². The topological polar surface area (TPSA) is 168 Å². The summed E-state index contributed by atoms with van der Waals surface area (Å²) in [5, 5.41) is 11.0. The molecule has 3 aromatic heterocycles. The summed E-state index contributed by atoms with van der Waals surface area (Å²) >= 11 is 0. The number of aromatic amines is 1. The molecular weight excluding hydrogens is 586 g/mol. The molecule has 15 heteroatoms. The maximum Gasteiger partial charge on any atom is 0.358 e. The van der Waals surface area contributed by atoms with Crippen LogP contribution in [0.25, 0.3) is 10.9 Å². The van der Waals surface area contributed by atoms with Crippen molar-refractivity contribution in [3.8, 4) is 5.75 Å². The summed E-state index contributed by atoms with van der Waals surface area (Å²) in [4.78, 5) is 33.3. The third-order valence-electron chi connectivity index (χ3n) is 7.68. The monoisotopic (exact) mass is 623 g/mol. The van der Waals surface area contributed by atoms with E-state index in [-0.39, 0.29) is 22.9 Å². The minimum Gasteiger partial charge on any atom is -0.491 e. The molecule has 0 saturated carbocycles. The van der Waals surface area contributed by atoms with Gasteiger partial charge < -0.3 is 19.7 Å². The number of nitrogens with zero attached hydrogens (tertiary/aromatic N) is 7. The maximum absolute atomic E-state index is 13.7. The minimum atomic E-state index is -3.79. The second-order valence-corrected chi connectivity index (χ2v) is 14.2. The largest absolute Gasteiger partial charge is 0.491 e. The quantitative estimate of drug-likeness (QED) is 0.261. The van der Waals surface area contributed by atoms with Gasteiger partial charge in [-0.1, -0.05) is 0 Å². The molecule has 0 aliphatic carbocycles. The number of hydrogen-bond acceptors (Lipinski definition) is 13. The van der Waals surface area contributed by atoms with Crippen LogP contribution in [0.5, 0.6) is 5.75 Å². The zero-order valence-electron chi connectivity index (χ0n) is 25.7. The molecule has 0 amide bonds. The van der Waals surface area contributed by atoms with Gasteiger partial charge in [-0.25, -0.2) is 33.1 Å². The molecule has 1 aromatic carbocycles. The Bertz CT molecular complexity index is 1760. The van der Waals surface area contributed by atoms with Crippen LogP contribution in [0.2, 0.25) is 0 Å². The Kier molecular flexibility index (Phi) is 8.70. The van der Waals surface area contributed by atoms with Crippen LogP contribution >= 0.6 is 0 Å². The van der Waals surface area contributed by atoms with Gasteiger partial charge in [0, 0.05) is 55.4 Å². The number of benzene rings is 1. The smallest absolute Gasteiger partial charge is 0.358 e. The molecule has 234 valence electrons. The first kappa shape index (κ1) is 31.1. The fourth-order valence-electron chi connectivity index (χ4n) is 4.72. The van der Waals surface area contributed by atoms with Gasteiger partial charge in [-0.15, -0.1) is 0 Å². The van der Waals surface area contributed by atoms with E-state index in [9.17, 15) is 13.2 Å². The number of H-pyrrole nitrogens is 1. The van der Waals surface area contributed by atoms with Crippen molar-refractivity contribution in [2.45, 2.75) is 44.3 Å². The van der Waals surface area contributed by atoms with Gasteiger partial charge in [-0.05, 0) is 40.7 Å². The van der Waals surface area contributed by atoms with Gasteiger partial charge in [0.2, 0.25) is 0 Å². The van der Waals surface area contributed by atoms with Crippen molar-refractivity contribution in [2.24, 2.45) is 0 Å². The van der Waals surface area contributed by atoms with Crippen molar-refractivity contribution >= 4 is 44.2 Å². The lowest BCUT2D eigenvalue weighted by Gasteiger charge is -2.35. The van der Waals surface area contributed by atoms with Crippen LogP contribution in [-0.2, 0) is 14.6 Å². The summed E-state index contributed by atoms with van der Waals surface area (Å²) in [6, 6.07) is 3.26. The summed E-state index contributed by atoms with van der Waals surface area (Å²) in [7, 11) is -2.48. The van der Waals surface area contributed by atoms with E-state index in [1.165, 1.54) is 19.6 Å². The molecule has 0 spiro atoms. The number of esters is 1.